The number of benzene rings is 1. The van der Waals surface area contributed by atoms with Gasteiger partial charge in [0, 0.05) is 17.4 Å². The maximum Gasteiger partial charge on any atom is 0.278 e. The van der Waals surface area contributed by atoms with Crippen molar-refractivity contribution in [3.63, 3.8) is 0 Å². The molecule has 5 heteroatoms. The van der Waals surface area contributed by atoms with Crippen molar-refractivity contribution in [3.05, 3.63) is 70.6 Å². The molecule has 1 aromatic heterocycles. The van der Waals surface area contributed by atoms with E-state index in [9.17, 15) is 4.79 Å². The Labute approximate surface area is 133 Å². The second-order valence-corrected chi connectivity index (χ2v) is 5.42. The first kappa shape index (κ1) is 14.5. The average Bonchev–Trinajstić information content (AvgIpc) is 2.78. The van der Waals surface area contributed by atoms with E-state index >= 15 is 0 Å². The minimum absolute atomic E-state index is 0.0933. The number of aliphatic imine (C=N–C) groups is 1. The Kier molecular flexibility index (Phi) is 4.02. The third kappa shape index (κ3) is 3.07. The fourth-order valence-corrected chi connectivity index (χ4v) is 2.36. The molecule has 1 aliphatic heterocycles. The zero-order valence-electron chi connectivity index (χ0n) is 12.0. The number of amides is 1. The molecule has 0 aliphatic carbocycles. The van der Waals surface area contributed by atoms with Gasteiger partial charge in [0.05, 0.1) is 6.54 Å². The second kappa shape index (κ2) is 6.12. The summed E-state index contributed by atoms with van der Waals surface area (Å²) in [6.45, 7) is 2.33. The molecule has 0 saturated carbocycles. The fraction of sp³-hybridized carbons (Fsp3) is 0.118. The third-order valence-electron chi connectivity index (χ3n) is 3.40. The largest absolute Gasteiger partial charge is 0.291 e. The molecule has 4 nitrogen and oxygen atoms in total. The molecule has 0 saturated heterocycles. The number of halogens is 1. The number of pyridine rings is 1. The first-order valence-corrected chi connectivity index (χ1v) is 7.24. The summed E-state index contributed by atoms with van der Waals surface area (Å²) in [5.41, 5.74) is 2.36. The molecule has 3 rings (SSSR count). The maximum absolute atomic E-state index is 12.5. The Morgan fingerprint density at radius 2 is 1.82 bits per heavy atom. The lowest BCUT2D eigenvalue weighted by molar-refractivity contribution is -0.123. The van der Waals surface area contributed by atoms with Gasteiger partial charge < -0.3 is 0 Å². The molecule has 1 aromatic carbocycles. The number of amidine groups is 1. The molecule has 22 heavy (non-hydrogen) atoms. The number of carbonyl (C=O) groups excluding carboxylic acids is 1. The van der Waals surface area contributed by atoms with Crippen LogP contribution in [0, 0.1) is 0 Å². The van der Waals surface area contributed by atoms with Gasteiger partial charge in [-0.15, -0.1) is 0 Å². The van der Waals surface area contributed by atoms with Crippen molar-refractivity contribution in [3.8, 4) is 0 Å². The molecule has 0 bridgehead atoms. The van der Waals surface area contributed by atoms with Gasteiger partial charge in [0.15, 0.2) is 0 Å². The number of rotatable bonds is 3. The SMILES string of the molecule is CC1=N/C(=C\c2ccc(Cl)cc2)C(=O)N1Cc1ccncc1. The van der Waals surface area contributed by atoms with Crippen LogP contribution < -0.4 is 0 Å². The summed E-state index contributed by atoms with van der Waals surface area (Å²) in [5, 5.41) is 0.666. The van der Waals surface area contributed by atoms with Gasteiger partial charge in [0.25, 0.3) is 5.91 Å². The molecule has 2 heterocycles. The Morgan fingerprint density at radius 1 is 1.14 bits per heavy atom. The minimum Gasteiger partial charge on any atom is -0.291 e. The number of hydrogen-bond donors (Lipinski definition) is 0. The maximum atomic E-state index is 12.5. The number of nitrogens with zero attached hydrogens (tertiary/aromatic N) is 3. The van der Waals surface area contributed by atoms with Crippen molar-refractivity contribution in [2.45, 2.75) is 13.5 Å². The van der Waals surface area contributed by atoms with Crippen LogP contribution in [0.15, 0.2) is 59.5 Å². The summed E-state index contributed by atoms with van der Waals surface area (Å²) in [7, 11) is 0. The lowest BCUT2D eigenvalue weighted by Crippen LogP contribution is -2.29. The van der Waals surface area contributed by atoms with Gasteiger partial charge >= 0.3 is 0 Å². The summed E-state index contributed by atoms with van der Waals surface area (Å²) in [6.07, 6.45) is 5.20. The van der Waals surface area contributed by atoms with E-state index in [0.29, 0.717) is 23.1 Å². The van der Waals surface area contributed by atoms with E-state index in [0.717, 1.165) is 11.1 Å². The highest BCUT2D eigenvalue weighted by Crippen LogP contribution is 2.21. The monoisotopic (exact) mass is 311 g/mol. The van der Waals surface area contributed by atoms with Crippen LogP contribution in [0.4, 0.5) is 0 Å². The summed E-state index contributed by atoms with van der Waals surface area (Å²) in [6, 6.07) is 11.1. The summed E-state index contributed by atoms with van der Waals surface area (Å²) >= 11 is 5.87. The molecule has 0 radical (unpaired) electrons. The smallest absolute Gasteiger partial charge is 0.278 e. The van der Waals surface area contributed by atoms with Gasteiger partial charge in [-0.25, -0.2) is 4.99 Å². The normalized spacial score (nSPS) is 16.3. The van der Waals surface area contributed by atoms with Crippen LogP contribution in [-0.2, 0) is 11.3 Å². The molecule has 2 aromatic rings. The minimum atomic E-state index is -0.0933. The Morgan fingerprint density at radius 3 is 2.50 bits per heavy atom. The molecule has 1 aliphatic rings. The van der Waals surface area contributed by atoms with Crippen LogP contribution in [0.1, 0.15) is 18.1 Å². The first-order chi connectivity index (χ1) is 10.6. The second-order valence-electron chi connectivity index (χ2n) is 4.99. The van der Waals surface area contributed by atoms with Crippen LogP contribution in [0.25, 0.3) is 6.08 Å². The van der Waals surface area contributed by atoms with Crippen LogP contribution >= 0.6 is 11.6 Å². The van der Waals surface area contributed by atoms with E-state index in [2.05, 4.69) is 9.98 Å². The van der Waals surface area contributed by atoms with E-state index in [1.54, 1.807) is 35.5 Å². The van der Waals surface area contributed by atoms with E-state index < -0.39 is 0 Å². The highest BCUT2D eigenvalue weighted by atomic mass is 35.5. The van der Waals surface area contributed by atoms with Crippen LogP contribution in [-0.4, -0.2) is 21.6 Å². The van der Waals surface area contributed by atoms with Crippen molar-refractivity contribution in [1.82, 2.24) is 9.88 Å². The van der Waals surface area contributed by atoms with Crippen LogP contribution in [0.2, 0.25) is 5.02 Å². The van der Waals surface area contributed by atoms with Crippen molar-refractivity contribution in [2.24, 2.45) is 4.99 Å². The van der Waals surface area contributed by atoms with Gasteiger partial charge in [-0.2, -0.15) is 0 Å². The predicted octanol–water partition coefficient (Wildman–Crippen LogP) is 3.54. The standard InChI is InChI=1S/C17H14ClN3O/c1-12-20-16(10-13-2-4-15(18)5-3-13)17(22)21(12)11-14-6-8-19-9-7-14/h2-10H,11H2,1H3/b16-10-. The molecule has 0 unspecified atom stereocenters. The van der Waals surface area contributed by atoms with E-state index in [4.69, 9.17) is 11.6 Å². The van der Waals surface area contributed by atoms with Crippen molar-refractivity contribution in [1.29, 1.82) is 0 Å². The Bertz CT molecular complexity index is 751. The quantitative estimate of drug-likeness (QED) is 0.814. The van der Waals surface area contributed by atoms with Crippen molar-refractivity contribution < 1.29 is 4.79 Å². The van der Waals surface area contributed by atoms with E-state index in [1.165, 1.54) is 0 Å². The molecule has 0 fully saturated rings. The molecule has 110 valence electrons. The van der Waals surface area contributed by atoms with Gasteiger partial charge in [-0.3, -0.25) is 14.7 Å². The summed E-state index contributed by atoms with van der Waals surface area (Å²) in [4.78, 5) is 22.5. The molecular formula is C17H14ClN3O. The van der Waals surface area contributed by atoms with E-state index in [-0.39, 0.29) is 5.91 Å². The van der Waals surface area contributed by atoms with Gasteiger partial charge in [0.2, 0.25) is 0 Å². The molecular weight excluding hydrogens is 298 g/mol. The zero-order valence-corrected chi connectivity index (χ0v) is 12.8. The average molecular weight is 312 g/mol. The topological polar surface area (TPSA) is 45.6 Å². The van der Waals surface area contributed by atoms with E-state index in [1.807, 2.05) is 31.2 Å². The number of carbonyl (C=O) groups is 1. The van der Waals surface area contributed by atoms with Crippen LogP contribution in [0.5, 0.6) is 0 Å². The lowest BCUT2D eigenvalue weighted by atomic mass is 10.2. The third-order valence-corrected chi connectivity index (χ3v) is 3.65. The lowest BCUT2D eigenvalue weighted by Gasteiger charge is -2.15. The van der Waals surface area contributed by atoms with Gasteiger partial charge in [-0.1, -0.05) is 23.7 Å². The van der Waals surface area contributed by atoms with Crippen LogP contribution in [0.3, 0.4) is 0 Å². The highest BCUT2D eigenvalue weighted by molar-refractivity contribution is 6.30. The fourth-order valence-electron chi connectivity index (χ4n) is 2.24. The number of hydrogen-bond acceptors (Lipinski definition) is 3. The Hall–Kier alpha value is -2.46. The summed E-state index contributed by atoms with van der Waals surface area (Å²) in [5.74, 6) is 0.603. The zero-order chi connectivity index (χ0) is 15.5. The predicted molar refractivity (Wildman–Crippen MR) is 87.3 cm³/mol. The molecule has 0 atom stereocenters. The molecule has 0 N–H and O–H groups in total. The summed E-state index contributed by atoms with van der Waals surface area (Å²) < 4.78 is 0. The Balaban J connectivity index is 1.82. The van der Waals surface area contributed by atoms with Crippen molar-refractivity contribution in [2.75, 3.05) is 0 Å². The first-order valence-electron chi connectivity index (χ1n) is 6.87. The molecule has 1 amide bonds. The molecule has 0 spiro atoms. The number of aromatic nitrogens is 1. The van der Waals surface area contributed by atoms with Crippen molar-refractivity contribution >= 4 is 29.4 Å². The highest BCUT2D eigenvalue weighted by Gasteiger charge is 2.27. The van der Waals surface area contributed by atoms with Gasteiger partial charge in [0.1, 0.15) is 11.5 Å². The van der Waals surface area contributed by atoms with Gasteiger partial charge in [-0.05, 0) is 48.4 Å².